The van der Waals surface area contributed by atoms with E-state index in [4.69, 9.17) is 18.9 Å². The number of rotatable bonds is 76. The zero-order valence-corrected chi connectivity index (χ0v) is 64.2. The van der Waals surface area contributed by atoms with Crippen molar-refractivity contribution in [3.05, 3.63) is 109 Å². The molecule has 0 bridgehead atoms. The lowest BCUT2D eigenvalue weighted by Crippen LogP contribution is -2.44. The Morgan fingerprint density at radius 2 is 0.557 bits per heavy atom. The summed E-state index contributed by atoms with van der Waals surface area (Å²) >= 11 is 0. The number of carboxylic acids is 1. The van der Waals surface area contributed by atoms with Gasteiger partial charge in [0.15, 0.2) is 12.4 Å². The summed E-state index contributed by atoms with van der Waals surface area (Å²) in [7, 11) is 5.94. The number of esters is 2. The van der Waals surface area contributed by atoms with Crippen LogP contribution < -0.4 is 5.11 Å². The number of unbranched alkanes of at least 4 members (excludes halogenated alkanes) is 43. The summed E-state index contributed by atoms with van der Waals surface area (Å²) in [4.78, 5) is 37.6. The Kier molecular flexibility index (Phi) is 74.4. The molecule has 2 atom stereocenters. The number of ether oxygens (including phenoxy) is 4. The molecule has 0 aromatic carbocycles. The van der Waals surface area contributed by atoms with Gasteiger partial charge in [0, 0.05) is 12.8 Å². The van der Waals surface area contributed by atoms with Crippen LogP contribution in [0.2, 0.25) is 0 Å². The summed E-state index contributed by atoms with van der Waals surface area (Å²) in [6, 6.07) is 0. The van der Waals surface area contributed by atoms with Gasteiger partial charge < -0.3 is 33.3 Å². The Bertz CT molecular complexity index is 1970. The third kappa shape index (κ3) is 79.2. The lowest BCUT2D eigenvalue weighted by atomic mass is 10.0. The summed E-state index contributed by atoms with van der Waals surface area (Å²) in [6.07, 6.45) is 107. The highest BCUT2D eigenvalue weighted by atomic mass is 16.7. The van der Waals surface area contributed by atoms with E-state index in [-0.39, 0.29) is 32.2 Å². The third-order valence-corrected chi connectivity index (χ3v) is 18.0. The van der Waals surface area contributed by atoms with Gasteiger partial charge in [-0.15, -0.1) is 0 Å². The molecule has 0 amide bonds. The fourth-order valence-corrected chi connectivity index (χ4v) is 11.9. The van der Waals surface area contributed by atoms with Crippen molar-refractivity contribution in [3.63, 3.8) is 0 Å². The lowest BCUT2D eigenvalue weighted by molar-refractivity contribution is -0.870. The zero-order chi connectivity index (χ0) is 70.4. The molecule has 2 unspecified atom stereocenters. The monoisotopic (exact) mass is 1350 g/mol. The predicted molar refractivity (Wildman–Crippen MR) is 417 cm³/mol. The minimum absolute atomic E-state index is 0.147. The van der Waals surface area contributed by atoms with E-state index < -0.39 is 24.3 Å². The molecular weight excluding hydrogens is 1200 g/mol. The van der Waals surface area contributed by atoms with E-state index in [0.29, 0.717) is 23.9 Å². The molecular formula is C88H155NO8. The molecule has 560 valence electrons. The number of likely N-dealkylation sites (N-methyl/N-ethyl adjacent to an activating group) is 1. The lowest BCUT2D eigenvalue weighted by Gasteiger charge is -2.26. The fraction of sp³-hybridized carbons (Fsp3) is 0.761. The average Bonchev–Trinajstić information content (AvgIpc) is 2.39. The molecule has 0 aliphatic rings. The number of nitrogens with zero attached hydrogens (tertiary/aromatic N) is 1. The molecule has 97 heavy (non-hydrogen) atoms. The van der Waals surface area contributed by atoms with Crippen molar-refractivity contribution in [1.29, 1.82) is 0 Å². The van der Waals surface area contributed by atoms with Crippen LogP contribution in [0, 0.1) is 0 Å². The van der Waals surface area contributed by atoms with Crippen LogP contribution in [0.1, 0.15) is 373 Å². The van der Waals surface area contributed by atoms with Crippen LogP contribution in [0.3, 0.4) is 0 Å². The second-order valence-electron chi connectivity index (χ2n) is 28.7. The maximum atomic E-state index is 13.0. The molecule has 0 N–H and O–H groups in total. The summed E-state index contributed by atoms with van der Waals surface area (Å²) < 4.78 is 22.9. The van der Waals surface area contributed by atoms with Crippen molar-refractivity contribution >= 4 is 17.9 Å². The summed E-state index contributed by atoms with van der Waals surface area (Å²) in [5, 5.41) is 11.9. The first-order chi connectivity index (χ1) is 47.6. The number of carbonyl (C=O) groups is 3. The van der Waals surface area contributed by atoms with E-state index in [2.05, 4.69) is 123 Å². The van der Waals surface area contributed by atoms with E-state index in [0.717, 1.165) is 96.3 Å². The Hall–Kier alpha value is -4.05. The van der Waals surface area contributed by atoms with Gasteiger partial charge in [-0.3, -0.25) is 9.59 Å². The molecule has 0 spiro atoms. The van der Waals surface area contributed by atoms with Crippen LogP contribution in [0.5, 0.6) is 0 Å². The maximum absolute atomic E-state index is 13.0. The number of hydrogen-bond donors (Lipinski definition) is 0. The van der Waals surface area contributed by atoms with Crippen molar-refractivity contribution in [2.45, 2.75) is 386 Å². The molecule has 0 aromatic heterocycles. The van der Waals surface area contributed by atoms with Gasteiger partial charge >= 0.3 is 11.9 Å². The third-order valence-electron chi connectivity index (χ3n) is 18.0. The van der Waals surface area contributed by atoms with Gasteiger partial charge in [-0.05, 0) is 96.3 Å². The highest BCUT2D eigenvalue weighted by Crippen LogP contribution is 2.19. The van der Waals surface area contributed by atoms with Gasteiger partial charge in [0.1, 0.15) is 13.2 Å². The molecule has 0 saturated carbocycles. The van der Waals surface area contributed by atoms with Crippen molar-refractivity contribution in [3.8, 4) is 0 Å². The van der Waals surface area contributed by atoms with Gasteiger partial charge in [0.05, 0.1) is 40.3 Å². The molecule has 0 saturated heterocycles. The molecule has 9 heteroatoms. The normalized spacial score (nSPS) is 13.2. The summed E-state index contributed by atoms with van der Waals surface area (Å²) in [5.41, 5.74) is 0. The van der Waals surface area contributed by atoms with E-state index in [1.54, 1.807) is 0 Å². The van der Waals surface area contributed by atoms with Crippen molar-refractivity contribution in [2.75, 3.05) is 47.5 Å². The number of carbonyl (C=O) groups excluding carboxylic acids is 3. The molecule has 0 fully saturated rings. The van der Waals surface area contributed by atoms with E-state index >= 15 is 0 Å². The second-order valence-corrected chi connectivity index (χ2v) is 28.7. The van der Waals surface area contributed by atoms with Crippen molar-refractivity contribution in [2.24, 2.45) is 0 Å². The summed E-state index contributed by atoms with van der Waals surface area (Å²) in [5.74, 6) is -2.26. The number of carboxylic acid groups (broad SMARTS) is 1. The highest BCUT2D eigenvalue weighted by Gasteiger charge is 2.22. The first-order valence-electron chi connectivity index (χ1n) is 41.0. The second kappa shape index (κ2) is 77.7. The van der Waals surface area contributed by atoms with Crippen LogP contribution in [0.15, 0.2) is 109 Å². The van der Waals surface area contributed by atoms with Crippen molar-refractivity contribution in [1.82, 2.24) is 0 Å². The number of hydrogen-bond acceptors (Lipinski definition) is 8. The fourth-order valence-electron chi connectivity index (χ4n) is 11.9. The van der Waals surface area contributed by atoms with Gasteiger partial charge in [0.2, 0.25) is 0 Å². The first-order valence-corrected chi connectivity index (χ1v) is 41.0. The number of quaternary nitrogens is 1. The largest absolute Gasteiger partial charge is 0.545 e. The number of aliphatic carboxylic acids is 1. The topological polar surface area (TPSA) is 111 Å². The smallest absolute Gasteiger partial charge is 0.306 e. The van der Waals surface area contributed by atoms with Crippen LogP contribution in [0.25, 0.3) is 0 Å². The Balaban J connectivity index is 3.95. The standard InChI is InChI=1S/C88H155NO8/c1-6-8-10-12-14-16-18-20-22-24-26-28-30-32-34-36-38-39-40-41-42-43-44-45-46-47-49-50-52-54-56-58-60-62-64-66-68-70-72-74-76-78-85(90)95-82-84(83-96-88(87(92)93)94-81-80-89(3,4)5)97-86(91)79-77-75-73-71-69-67-65-63-61-59-57-55-53-51-48-37-35-33-31-29-27-25-23-21-19-17-15-13-11-9-7-2/h8-11,14-17,20-23,26-29,33,35,84,88H,6-7,12-13,18-19,24-25,30-32,34,36-83H2,1-5H3/b10-8-,11-9-,16-14-,17-15-,22-20-,23-21-,28-26-,29-27-,35-33-. The van der Waals surface area contributed by atoms with Crippen molar-refractivity contribution < 1.29 is 42.9 Å². The van der Waals surface area contributed by atoms with Crippen LogP contribution >= 0.6 is 0 Å². The predicted octanol–water partition coefficient (Wildman–Crippen LogP) is 25.1. The average molecular weight is 1360 g/mol. The minimum Gasteiger partial charge on any atom is -0.545 e. The molecule has 0 heterocycles. The molecule has 9 nitrogen and oxygen atoms in total. The van der Waals surface area contributed by atoms with E-state index in [1.807, 2.05) is 21.1 Å². The quantitative estimate of drug-likeness (QED) is 0.0195. The first kappa shape index (κ1) is 93.0. The SMILES string of the molecule is CC/C=C\C/C=C\C/C=C\C/C=C\C/C=C\CCCCCCCCCCCCCCCCCC(=O)OC(COC(=O)CCCCCCCCCCCCCCCCCCCCCCCCCCCCCC/C=C\C/C=C\C/C=C\C/C=C\CC)COC(OCC[N+](C)(C)C)C(=O)[O-]. The van der Waals surface area contributed by atoms with E-state index in [9.17, 15) is 19.5 Å². The molecule has 0 aromatic rings. The molecule has 0 rings (SSSR count). The Morgan fingerprint density at radius 3 is 0.825 bits per heavy atom. The van der Waals surface area contributed by atoms with Gasteiger partial charge in [0.25, 0.3) is 0 Å². The Labute approximate surface area is 600 Å². The summed E-state index contributed by atoms with van der Waals surface area (Å²) in [6.45, 7) is 4.57. The molecule has 0 aliphatic heterocycles. The number of allylic oxidation sites excluding steroid dienone is 18. The van der Waals surface area contributed by atoms with Crippen LogP contribution in [-0.2, 0) is 33.3 Å². The van der Waals surface area contributed by atoms with E-state index in [1.165, 1.54) is 244 Å². The van der Waals surface area contributed by atoms with Crippen LogP contribution in [0.4, 0.5) is 0 Å². The molecule has 0 aliphatic carbocycles. The Morgan fingerprint density at radius 1 is 0.309 bits per heavy atom. The van der Waals surface area contributed by atoms with Gasteiger partial charge in [-0.1, -0.05) is 374 Å². The molecule has 0 radical (unpaired) electrons. The van der Waals surface area contributed by atoms with Crippen LogP contribution in [-0.4, -0.2) is 82.3 Å². The zero-order valence-electron chi connectivity index (χ0n) is 64.2. The highest BCUT2D eigenvalue weighted by molar-refractivity contribution is 5.70. The maximum Gasteiger partial charge on any atom is 0.306 e. The van der Waals surface area contributed by atoms with Gasteiger partial charge in [-0.25, -0.2) is 0 Å². The van der Waals surface area contributed by atoms with Gasteiger partial charge in [-0.2, -0.15) is 0 Å². The minimum atomic E-state index is -1.62.